The minimum atomic E-state index is -3.65. The molecule has 0 saturated carbocycles. The summed E-state index contributed by atoms with van der Waals surface area (Å²) in [6.07, 6.45) is 20.4. The Kier molecular flexibility index (Phi) is 22.6. The van der Waals surface area contributed by atoms with Crippen LogP contribution in [0, 0.1) is 0 Å². The Morgan fingerprint density at radius 1 is 0.815 bits per heavy atom. The van der Waals surface area contributed by atoms with E-state index >= 15 is 0 Å². The van der Waals surface area contributed by atoms with Crippen LogP contribution in [0.1, 0.15) is 103 Å². The number of sulfonamides is 1. The molecule has 0 heterocycles. The summed E-state index contributed by atoms with van der Waals surface area (Å²) in [4.78, 5) is 10.2. The van der Waals surface area contributed by atoms with Gasteiger partial charge < -0.3 is 9.90 Å². The van der Waals surface area contributed by atoms with Crippen molar-refractivity contribution in [2.75, 3.05) is 6.54 Å². The van der Waals surface area contributed by atoms with Gasteiger partial charge in [-0.1, -0.05) is 96.5 Å². The predicted octanol–water partition coefficient (Wildman–Crippen LogP) is 1.04. The van der Waals surface area contributed by atoms with E-state index in [1.165, 1.54) is 77.0 Å². The second kappa shape index (κ2) is 20.8. The Morgan fingerprint density at radius 3 is 1.63 bits per heavy atom. The van der Waals surface area contributed by atoms with Gasteiger partial charge in [0, 0.05) is 5.41 Å². The third-order valence-corrected chi connectivity index (χ3v) is 5.51. The van der Waals surface area contributed by atoms with Gasteiger partial charge in [0.1, 0.15) is 0 Å². The molecule has 0 spiro atoms. The smallest absolute Gasteiger partial charge is 0.549 e. The summed E-state index contributed by atoms with van der Waals surface area (Å²) in [5, 5.41) is 11.2. The van der Waals surface area contributed by atoms with E-state index in [-0.39, 0.29) is 29.6 Å². The van der Waals surface area contributed by atoms with Gasteiger partial charge in [0.05, 0.1) is 12.5 Å². The molecule has 0 atom stereocenters. The standard InChI is InChI=1S/C20H39NO4S.Na/c1-2-3-4-5-6-7-8-9-10-11-12-13-14-15-16-17-18-26(24,25)21-19-20(22)23;/h17-18,21H,2-16,19H2,1H3,(H,22,23);/q;+1/p-1/b18-17+;. The normalized spacial score (nSPS) is 11.6. The number of carbonyl (C=O) groups excluding carboxylic acids is 1. The third-order valence-electron chi connectivity index (χ3n) is 4.42. The SMILES string of the molecule is CCCCCCCCCCCCCCCC/C=C/S(=O)(=O)NCC(=O)[O-].[Na+]. The molecule has 0 amide bonds. The van der Waals surface area contributed by atoms with E-state index in [1.807, 2.05) is 4.72 Å². The Labute approximate surface area is 189 Å². The van der Waals surface area contributed by atoms with Crippen LogP contribution < -0.4 is 39.4 Å². The van der Waals surface area contributed by atoms with Crippen molar-refractivity contribution < 1.29 is 47.9 Å². The van der Waals surface area contributed by atoms with Crippen molar-refractivity contribution in [3.05, 3.63) is 11.5 Å². The molecule has 154 valence electrons. The van der Waals surface area contributed by atoms with E-state index in [2.05, 4.69) is 6.92 Å². The van der Waals surface area contributed by atoms with Gasteiger partial charge in [-0.3, -0.25) is 0 Å². The molecule has 0 aromatic rings. The van der Waals surface area contributed by atoms with Gasteiger partial charge in [0.15, 0.2) is 0 Å². The molecule has 27 heavy (non-hydrogen) atoms. The fraction of sp³-hybridized carbons (Fsp3) is 0.850. The molecule has 5 nitrogen and oxygen atoms in total. The monoisotopic (exact) mass is 411 g/mol. The minimum absolute atomic E-state index is 0. The second-order valence-electron chi connectivity index (χ2n) is 6.99. The van der Waals surface area contributed by atoms with Crippen LogP contribution in [0.3, 0.4) is 0 Å². The summed E-state index contributed by atoms with van der Waals surface area (Å²) < 4.78 is 24.7. The molecule has 0 unspecified atom stereocenters. The molecule has 0 aromatic carbocycles. The number of nitrogens with one attached hydrogen (secondary N) is 1. The fourth-order valence-electron chi connectivity index (χ4n) is 2.86. The van der Waals surface area contributed by atoms with Crippen LogP contribution in [-0.4, -0.2) is 20.9 Å². The van der Waals surface area contributed by atoms with E-state index in [0.29, 0.717) is 6.42 Å². The van der Waals surface area contributed by atoms with Gasteiger partial charge >= 0.3 is 29.6 Å². The Hall–Kier alpha value is 0.120. The van der Waals surface area contributed by atoms with E-state index < -0.39 is 22.5 Å². The molecule has 0 fully saturated rings. The maximum Gasteiger partial charge on any atom is 1.00 e. The Morgan fingerprint density at radius 2 is 1.22 bits per heavy atom. The minimum Gasteiger partial charge on any atom is -0.549 e. The number of rotatable bonds is 19. The van der Waals surface area contributed by atoms with Crippen LogP contribution in [0.4, 0.5) is 0 Å². The molecule has 0 rings (SSSR count). The van der Waals surface area contributed by atoms with Crippen molar-refractivity contribution in [2.24, 2.45) is 0 Å². The summed E-state index contributed by atoms with van der Waals surface area (Å²) >= 11 is 0. The van der Waals surface area contributed by atoms with Gasteiger partial charge in [-0.2, -0.15) is 0 Å². The fourth-order valence-corrected chi connectivity index (χ4v) is 3.66. The van der Waals surface area contributed by atoms with Gasteiger partial charge in [-0.15, -0.1) is 0 Å². The first-order valence-electron chi connectivity index (χ1n) is 10.3. The number of unbranched alkanes of at least 4 members (excludes halogenated alkanes) is 14. The number of aliphatic carboxylic acids is 1. The summed E-state index contributed by atoms with van der Waals surface area (Å²) in [7, 11) is -3.65. The number of carbonyl (C=O) groups is 1. The molecule has 0 aliphatic carbocycles. The van der Waals surface area contributed by atoms with E-state index in [1.54, 1.807) is 6.08 Å². The molecular formula is C20H38NNaO4S. The Bertz CT molecular complexity index is 467. The molecule has 0 saturated heterocycles. The molecule has 7 heteroatoms. The first-order chi connectivity index (χ1) is 12.5. The number of hydrogen-bond acceptors (Lipinski definition) is 4. The zero-order valence-corrected chi connectivity index (χ0v) is 20.3. The Balaban J connectivity index is 0. The number of carboxylic acid groups (broad SMARTS) is 1. The molecule has 0 aromatic heterocycles. The zero-order chi connectivity index (χ0) is 19.5. The number of hydrogen-bond donors (Lipinski definition) is 1. The third kappa shape index (κ3) is 24.1. The van der Waals surface area contributed by atoms with E-state index in [9.17, 15) is 18.3 Å². The van der Waals surface area contributed by atoms with Crippen LogP contribution in [0.25, 0.3) is 0 Å². The molecular weight excluding hydrogens is 373 g/mol. The van der Waals surface area contributed by atoms with Crippen molar-refractivity contribution in [1.82, 2.24) is 4.72 Å². The first-order valence-corrected chi connectivity index (χ1v) is 11.9. The molecule has 0 aliphatic heterocycles. The van der Waals surface area contributed by atoms with Crippen LogP contribution >= 0.6 is 0 Å². The number of carboxylic acids is 1. The van der Waals surface area contributed by atoms with E-state index in [0.717, 1.165) is 18.2 Å². The topological polar surface area (TPSA) is 86.3 Å². The summed E-state index contributed by atoms with van der Waals surface area (Å²) in [6.45, 7) is 1.56. The molecule has 0 bridgehead atoms. The molecule has 0 radical (unpaired) electrons. The molecule has 1 N–H and O–H groups in total. The van der Waals surface area contributed by atoms with Gasteiger partial charge in [0.2, 0.25) is 10.0 Å². The van der Waals surface area contributed by atoms with Crippen molar-refractivity contribution in [3.8, 4) is 0 Å². The van der Waals surface area contributed by atoms with Crippen LogP contribution in [0.15, 0.2) is 11.5 Å². The maximum atomic E-state index is 11.4. The zero-order valence-electron chi connectivity index (χ0n) is 17.5. The van der Waals surface area contributed by atoms with Crippen LogP contribution in [-0.2, 0) is 14.8 Å². The van der Waals surface area contributed by atoms with Crippen molar-refractivity contribution in [3.63, 3.8) is 0 Å². The number of allylic oxidation sites excluding steroid dienone is 1. The first kappa shape index (κ1) is 29.3. The van der Waals surface area contributed by atoms with E-state index in [4.69, 9.17) is 0 Å². The van der Waals surface area contributed by atoms with Crippen molar-refractivity contribution in [2.45, 2.75) is 103 Å². The predicted molar refractivity (Wildman–Crippen MR) is 106 cm³/mol. The van der Waals surface area contributed by atoms with Gasteiger partial charge in [-0.25, -0.2) is 13.1 Å². The largest absolute Gasteiger partial charge is 1.00 e. The van der Waals surface area contributed by atoms with Crippen LogP contribution in [0.5, 0.6) is 0 Å². The van der Waals surface area contributed by atoms with Gasteiger partial charge in [-0.05, 0) is 12.8 Å². The van der Waals surface area contributed by atoms with Crippen LogP contribution in [0.2, 0.25) is 0 Å². The molecule has 0 aliphatic rings. The van der Waals surface area contributed by atoms with Gasteiger partial charge in [0.25, 0.3) is 0 Å². The summed E-state index contributed by atoms with van der Waals surface area (Å²) in [5.74, 6) is -1.44. The summed E-state index contributed by atoms with van der Waals surface area (Å²) in [5.41, 5.74) is 0. The average Bonchev–Trinajstić information content (AvgIpc) is 2.60. The average molecular weight is 412 g/mol. The van der Waals surface area contributed by atoms with Crippen molar-refractivity contribution in [1.29, 1.82) is 0 Å². The quantitative estimate of drug-likeness (QED) is 0.254. The summed E-state index contributed by atoms with van der Waals surface area (Å²) in [6, 6.07) is 0. The maximum absolute atomic E-state index is 11.4. The second-order valence-corrected chi connectivity index (χ2v) is 8.65. The van der Waals surface area contributed by atoms with Crippen molar-refractivity contribution >= 4 is 16.0 Å².